The fourth-order valence-corrected chi connectivity index (χ4v) is 1.65. The molecule has 0 atom stereocenters. The molecule has 0 saturated carbocycles. The highest BCUT2D eigenvalue weighted by Gasteiger charge is 2.33. The number of rotatable bonds is 4. The molecule has 2 aromatic rings. The average Bonchev–Trinajstić information content (AvgIpc) is 2.96. The van der Waals surface area contributed by atoms with Crippen LogP contribution in [0.3, 0.4) is 0 Å². The lowest BCUT2D eigenvalue weighted by atomic mass is 10.2. The third-order valence-corrected chi connectivity index (χ3v) is 2.79. The van der Waals surface area contributed by atoms with Gasteiger partial charge in [-0.2, -0.15) is 23.4 Å². The van der Waals surface area contributed by atoms with Gasteiger partial charge in [-0.25, -0.2) is 5.43 Å². The number of carbonyl (C=O) groups is 1. The molecule has 2 rings (SSSR count). The van der Waals surface area contributed by atoms with Crippen LogP contribution in [0.15, 0.2) is 29.5 Å². The fourth-order valence-electron chi connectivity index (χ4n) is 1.65. The number of benzene rings is 1. The van der Waals surface area contributed by atoms with Gasteiger partial charge in [-0.15, -0.1) is 0 Å². The average molecular weight is 344 g/mol. The van der Waals surface area contributed by atoms with Crippen LogP contribution in [0.4, 0.5) is 13.2 Å². The van der Waals surface area contributed by atoms with E-state index in [1.165, 1.54) is 6.07 Å². The van der Waals surface area contributed by atoms with E-state index in [2.05, 4.69) is 10.2 Å². The third-order valence-electron chi connectivity index (χ3n) is 2.79. The summed E-state index contributed by atoms with van der Waals surface area (Å²) in [6.45, 7) is -0.500. The molecule has 0 unspecified atom stereocenters. The molecular weight excluding hydrogens is 333 g/mol. The Morgan fingerprint density at radius 2 is 1.96 bits per heavy atom. The van der Waals surface area contributed by atoms with E-state index in [1.54, 1.807) is 0 Å². The second-order valence-corrected chi connectivity index (χ2v) is 4.56. The number of phenols is 3. The molecular formula is C13H11F3N4O4. The number of aromatic nitrogens is 2. The van der Waals surface area contributed by atoms with E-state index in [-0.39, 0.29) is 5.56 Å². The number of phenolic OH excluding ortho intramolecular Hbond substituents is 3. The maximum Gasteiger partial charge on any atom is 0.435 e. The zero-order valence-corrected chi connectivity index (χ0v) is 11.8. The van der Waals surface area contributed by atoms with Gasteiger partial charge >= 0.3 is 6.18 Å². The lowest BCUT2D eigenvalue weighted by Gasteiger charge is -2.04. The third kappa shape index (κ3) is 3.94. The van der Waals surface area contributed by atoms with Gasteiger partial charge in [0.15, 0.2) is 17.2 Å². The number of nitrogens with one attached hydrogen (secondary N) is 1. The molecule has 1 heterocycles. The lowest BCUT2D eigenvalue weighted by Crippen LogP contribution is -2.23. The number of hydrazone groups is 1. The molecule has 128 valence electrons. The van der Waals surface area contributed by atoms with Crippen LogP contribution in [0.2, 0.25) is 0 Å². The minimum absolute atomic E-state index is 0.00375. The van der Waals surface area contributed by atoms with E-state index >= 15 is 0 Å². The molecule has 0 aliphatic carbocycles. The summed E-state index contributed by atoms with van der Waals surface area (Å²) in [5, 5.41) is 34.7. The molecule has 1 aromatic heterocycles. The molecule has 4 N–H and O–H groups in total. The Hall–Kier alpha value is -3.24. The Balaban J connectivity index is 1.96. The number of carbonyl (C=O) groups excluding carboxylic acids is 1. The van der Waals surface area contributed by atoms with Crippen LogP contribution in [0, 0.1) is 0 Å². The summed E-state index contributed by atoms with van der Waals surface area (Å²) in [5.74, 6) is -2.69. The number of amides is 1. The number of alkyl halides is 3. The Labute approximate surface area is 132 Å². The zero-order chi connectivity index (χ0) is 17.9. The van der Waals surface area contributed by atoms with Crippen molar-refractivity contribution < 1.29 is 33.3 Å². The molecule has 0 aliphatic rings. The second-order valence-electron chi connectivity index (χ2n) is 4.56. The standard InChI is InChI=1S/C13H11F3N4O4/c14-13(15,16)9-3-4-20(19-9)6-10(22)18-17-5-7-1-2-8(21)12(24)11(7)23/h1-5,21,23-24H,6H2,(H,18,22). The number of hydrogen-bond donors (Lipinski definition) is 4. The molecule has 1 amide bonds. The summed E-state index contributed by atoms with van der Waals surface area (Å²) < 4.78 is 37.9. The van der Waals surface area contributed by atoms with Crippen molar-refractivity contribution in [1.82, 2.24) is 15.2 Å². The van der Waals surface area contributed by atoms with Crippen LogP contribution in [-0.4, -0.2) is 37.2 Å². The van der Waals surface area contributed by atoms with Gasteiger partial charge in [0.2, 0.25) is 5.75 Å². The van der Waals surface area contributed by atoms with Crippen molar-refractivity contribution in [3.05, 3.63) is 35.7 Å². The molecule has 0 aliphatic heterocycles. The summed E-state index contributed by atoms with van der Waals surface area (Å²) in [6.07, 6.45) is -2.62. The molecule has 24 heavy (non-hydrogen) atoms. The number of hydrogen-bond acceptors (Lipinski definition) is 6. The summed E-state index contributed by atoms with van der Waals surface area (Å²) in [7, 11) is 0. The van der Waals surface area contributed by atoms with Gasteiger partial charge in [-0.05, 0) is 18.2 Å². The van der Waals surface area contributed by atoms with E-state index in [0.717, 1.165) is 29.2 Å². The van der Waals surface area contributed by atoms with Crippen molar-refractivity contribution in [1.29, 1.82) is 0 Å². The van der Waals surface area contributed by atoms with Gasteiger partial charge < -0.3 is 15.3 Å². The van der Waals surface area contributed by atoms with Gasteiger partial charge in [0.05, 0.1) is 6.21 Å². The van der Waals surface area contributed by atoms with Crippen molar-refractivity contribution >= 4 is 12.1 Å². The smallest absolute Gasteiger partial charge is 0.435 e. The fraction of sp³-hybridized carbons (Fsp3) is 0.154. The summed E-state index contributed by atoms with van der Waals surface area (Å²) in [6, 6.07) is 3.05. The first-order valence-electron chi connectivity index (χ1n) is 6.35. The van der Waals surface area contributed by atoms with Gasteiger partial charge in [0, 0.05) is 11.8 Å². The minimum Gasteiger partial charge on any atom is -0.504 e. The van der Waals surface area contributed by atoms with Gasteiger partial charge in [0.1, 0.15) is 6.54 Å². The summed E-state index contributed by atoms with van der Waals surface area (Å²) in [4.78, 5) is 11.5. The highest BCUT2D eigenvalue weighted by molar-refractivity contribution is 5.86. The van der Waals surface area contributed by atoms with E-state index in [9.17, 15) is 28.2 Å². The van der Waals surface area contributed by atoms with Crippen LogP contribution in [0.1, 0.15) is 11.3 Å². The van der Waals surface area contributed by atoms with Crippen LogP contribution in [0.25, 0.3) is 0 Å². The van der Waals surface area contributed by atoms with Crippen molar-refractivity contribution in [2.45, 2.75) is 12.7 Å². The molecule has 0 bridgehead atoms. The van der Waals surface area contributed by atoms with Crippen molar-refractivity contribution in [2.75, 3.05) is 0 Å². The van der Waals surface area contributed by atoms with Crippen molar-refractivity contribution in [3.8, 4) is 17.2 Å². The first-order valence-corrected chi connectivity index (χ1v) is 6.35. The lowest BCUT2D eigenvalue weighted by molar-refractivity contribution is -0.141. The van der Waals surface area contributed by atoms with E-state index < -0.39 is 41.6 Å². The largest absolute Gasteiger partial charge is 0.504 e. The van der Waals surface area contributed by atoms with E-state index in [4.69, 9.17) is 5.11 Å². The molecule has 0 radical (unpaired) electrons. The van der Waals surface area contributed by atoms with Crippen LogP contribution >= 0.6 is 0 Å². The molecule has 0 fully saturated rings. The van der Waals surface area contributed by atoms with Crippen LogP contribution in [-0.2, 0) is 17.5 Å². The molecule has 11 heteroatoms. The first kappa shape index (κ1) is 17.1. The number of halogens is 3. The quantitative estimate of drug-likeness (QED) is 0.377. The second kappa shape index (κ2) is 6.48. The van der Waals surface area contributed by atoms with Crippen molar-refractivity contribution in [2.24, 2.45) is 5.10 Å². The Bertz CT molecular complexity index is 786. The van der Waals surface area contributed by atoms with Gasteiger partial charge in [-0.1, -0.05) is 0 Å². The van der Waals surface area contributed by atoms with E-state index in [0.29, 0.717) is 0 Å². The molecule has 8 nitrogen and oxygen atoms in total. The molecule has 0 saturated heterocycles. The van der Waals surface area contributed by atoms with Crippen molar-refractivity contribution in [3.63, 3.8) is 0 Å². The van der Waals surface area contributed by atoms with Crippen LogP contribution < -0.4 is 5.43 Å². The normalized spacial score (nSPS) is 11.8. The number of nitrogens with zero attached hydrogens (tertiary/aromatic N) is 3. The SMILES string of the molecule is O=C(Cn1ccc(C(F)(F)F)n1)NN=Cc1ccc(O)c(O)c1O. The van der Waals surface area contributed by atoms with Gasteiger partial charge in [-0.3, -0.25) is 9.48 Å². The summed E-state index contributed by atoms with van der Waals surface area (Å²) in [5.41, 5.74) is 0.904. The Kier molecular flexibility index (Phi) is 4.62. The predicted octanol–water partition coefficient (Wildman–Crippen LogP) is 1.17. The topological polar surface area (TPSA) is 120 Å². The van der Waals surface area contributed by atoms with Crippen LogP contribution in [0.5, 0.6) is 17.2 Å². The van der Waals surface area contributed by atoms with Gasteiger partial charge in [0.25, 0.3) is 5.91 Å². The Morgan fingerprint density at radius 1 is 1.25 bits per heavy atom. The number of aromatic hydroxyl groups is 3. The maximum atomic E-state index is 12.4. The Morgan fingerprint density at radius 3 is 2.58 bits per heavy atom. The maximum absolute atomic E-state index is 12.4. The predicted molar refractivity (Wildman–Crippen MR) is 74.4 cm³/mol. The summed E-state index contributed by atoms with van der Waals surface area (Å²) >= 11 is 0. The molecule has 0 spiro atoms. The monoisotopic (exact) mass is 344 g/mol. The van der Waals surface area contributed by atoms with E-state index in [1.807, 2.05) is 5.43 Å². The minimum atomic E-state index is -4.60. The zero-order valence-electron chi connectivity index (χ0n) is 11.8. The highest BCUT2D eigenvalue weighted by Crippen LogP contribution is 2.36. The molecule has 1 aromatic carbocycles. The highest BCUT2D eigenvalue weighted by atomic mass is 19.4. The first-order chi connectivity index (χ1) is 11.2.